The Morgan fingerprint density at radius 1 is 0.923 bits per heavy atom. The molecule has 39 heavy (non-hydrogen) atoms. The molecule has 0 saturated heterocycles. The summed E-state index contributed by atoms with van der Waals surface area (Å²) in [6, 6.07) is 27.4. The van der Waals surface area contributed by atoms with Gasteiger partial charge in [-0.15, -0.1) is 0 Å². The van der Waals surface area contributed by atoms with Crippen molar-refractivity contribution in [2.75, 3.05) is 5.32 Å². The Kier molecular flexibility index (Phi) is 6.74. The predicted octanol–water partition coefficient (Wildman–Crippen LogP) is 7.49. The quantitative estimate of drug-likeness (QED) is 0.243. The standard InChI is InChI=1S/C33H26N2O4/c1-19-15-27(21(3)35-29-10-5-4-9-26(29)33(37)38)32-28(16-19)30(36)20(2)31(39-32)24-13-11-23(12-14-24)25-8-6-7-22(17-25)18-34/h4-17,21,35H,1-3H3,(H,37,38)/t21-/m1/s1. The fraction of sp³-hybridized carbons (Fsp3) is 0.121. The number of aryl methyl sites for hydroxylation is 1. The zero-order valence-electron chi connectivity index (χ0n) is 21.8. The molecule has 0 fully saturated rings. The average Bonchev–Trinajstić information content (AvgIpc) is 2.95. The van der Waals surface area contributed by atoms with Crippen LogP contribution in [0.25, 0.3) is 33.4 Å². The van der Waals surface area contributed by atoms with E-state index in [0.29, 0.717) is 33.5 Å². The van der Waals surface area contributed by atoms with Crippen LogP contribution in [0.15, 0.2) is 94.1 Å². The summed E-state index contributed by atoms with van der Waals surface area (Å²) in [4.78, 5) is 25.2. The maximum atomic E-state index is 13.5. The maximum absolute atomic E-state index is 13.5. The van der Waals surface area contributed by atoms with Gasteiger partial charge in [-0.2, -0.15) is 5.26 Å². The van der Waals surface area contributed by atoms with Gasteiger partial charge < -0.3 is 14.8 Å². The largest absolute Gasteiger partial charge is 0.478 e. The zero-order chi connectivity index (χ0) is 27.7. The van der Waals surface area contributed by atoms with Crippen LogP contribution in [0.1, 0.15) is 45.6 Å². The van der Waals surface area contributed by atoms with Crippen LogP contribution in [0.4, 0.5) is 5.69 Å². The van der Waals surface area contributed by atoms with Crippen LogP contribution < -0.4 is 10.7 Å². The first-order valence-corrected chi connectivity index (χ1v) is 12.5. The topological polar surface area (TPSA) is 103 Å². The summed E-state index contributed by atoms with van der Waals surface area (Å²) < 4.78 is 6.46. The van der Waals surface area contributed by atoms with Crippen molar-refractivity contribution in [3.63, 3.8) is 0 Å². The van der Waals surface area contributed by atoms with E-state index in [1.54, 1.807) is 37.3 Å². The van der Waals surface area contributed by atoms with E-state index in [1.165, 1.54) is 0 Å². The minimum atomic E-state index is -1.02. The van der Waals surface area contributed by atoms with Crippen LogP contribution in [0.5, 0.6) is 0 Å². The highest BCUT2D eigenvalue weighted by Crippen LogP contribution is 2.33. The molecule has 0 aliphatic heterocycles. The molecule has 0 unspecified atom stereocenters. The van der Waals surface area contributed by atoms with E-state index >= 15 is 0 Å². The molecule has 6 heteroatoms. The van der Waals surface area contributed by atoms with Crippen molar-refractivity contribution in [2.45, 2.75) is 26.8 Å². The monoisotopic (exact) mass is 514 g/mol. The second-order valence-corrected chi connectivity index (χ2v) is 9.60. The molecule has 0 radical (unpaired) electrons. The zero-order valence-corrected chi connectivity index (χ0v) is 21.8. The van der Waals surface area contributed by atoms with Gasteiger partial charge in [-0.05, 0) is 67.8 Å². The number of aromatic carboxylic acids is 1. The van der Waals surface area contributed by atoms with E-state index in [9.17, 15) is 20.0 Å². The van der Waals surface area contributed by atoms with E-state index in [0.717, 1.165) is 27.8 Å². The lowest BCUT2D eigenvalue weighted by Gasteiger charge is -2.20. The molecule has 2 N–H and O–H groups in total. The van der Waals surface area contributed by atoms with E-state index in [-0.39, 0.29) is 17.0 Å². The first-order valence-electron chi connectivity index (χ1n) is 12.5. The van der Waals surface area contributed by atoms with Crippen LogP contribution in [-0.4, -0.2) is 11.1 Å². The number of hydrogen-bond donors (Lipinski definition) is 2. The normalized spacial score (nSPS) is 11.6. The molecule has 0 aliphatic carbocycles. The van der Waals surface area contributed by atoms with E-state index in [1.807, 2.05) is 68.4 Å². The smallest absolute Gasteiger partial charge is 0.337 e. The fourth-order valence-corrected chi connectivity index (χ4v) is 4.85. The molecule has 1 atom stereocenters. The van der Waals surface area contributed by atoms with Gasteiger partial charge in [0.1, 0.15) is 11.3 Å². The highest BCUT2D eigenvalue weighted by Gasteiger charge is 2.20. The number of hydrogen-bond acceptors (Lipinski definition) is 5. The van der Waals surface area contributed by atoms with E-state index < -0.39 is 5.97 Å². The SMILES string of the molecule is Cc1cc([C@@H](C)Nc2ccccc2C(=O)O)c2oc(-c3ccc(-c4cccc(C#N)c4)cc3)c(C)c(=O)c2c1. The van der Waals surface area contributed by atoms with Gasteiger partial charge in [-0.25, -0.2) is 4.79 Å². The van der Waals surface area contributed by atoms with Crippen LogP contribution in [0, 0.1) is 25.2 Å². The first kappa shape index (κ1) is 25.5. The summed E-state index contributed by atoms with van der Waals surface area (Å²) in [5, 5.41) is 22.6. The summed E-state index contributed by atoms with van der Waals surface area (Å²) in [5.41, 5.74) is 6.39. The summed E-state index contributed by atoms with van der Waals surface area (Å²) in [7, 11) is 0. The molecule has 4 aromatic carbocycles. The molecule has 6 nitrogen and oxygen atoms in total. The lowest BCUT2D eigenvalue weighted by atomic mass is 9.97. The van der Waals surface area contributed by atoms with Crippen molar-refractivity contribution in [1.82, 2.24) is 0 Å². The highest BCUT2D eigenvalue weighted by molar-refractivity contribution is 5.94. The summed E-state index contributed by atoms with van der Waals surface area (Å²) in [6.07, 6.45) is 0. The lowest BCUT2D eigenvalue weighted by molar-refractivity contribution is 0.0698. The maximum Gasteiger partial charge on any atom is 0.337 e. The number of anilines is 1. The van der Waals surface area contributed by atoms with Crippen molar-refractivity contribution in [2.24, 2.45) is 0 Å². The van der Waals surface area contributed by atoms with Gasteiger partial charge in [0.2, 0.25) is 0 Å². The fourth-order valence-electron chi connectivity index (χ4n) is 4.85. The molecular weight excluding hydrogens is 488 g/mol. The van der Waals surface area contributed by atoms with Crippen LogP contribution in [0.3, 0.4) is 0 Å². The molecule has 1 aromatic heterocycles. The Labute approximate surface area is 225 Å². The lowest BCUT2D eigenvalue weighted by Crippen LogP contribution is -2.14. The Morgan fingerprint density at radius 2 is 1.64 bits per heavy atom. The number of fused-ring (bicyclic) bond motifs is 1. The summed E-state index contributed by atoms with van der Waals surface area (Å²) in [5.74, 6) is -0.542. The van der Waals surface area contributed by atoms with E-state index in [2.05, 4.69) is 11.4 Å². The molecule has 5 rings (SSSR count). The van der Waals surface area contributed by atoms with Crippen molar-refractivity contribution in [3.8, 4) is 28.5 Å². The number of carboxylic acid groups (broad SMARTS) is 1. The summed E-state index contributed by atoms with van der Waals surface area (Å²) in [6.45, 7) is 5.60. The van der Waals surface area contributed by atoms with Crippen molar-refractivity contribution in [1.29, 1.82) is 5.26 Å². The van der Waals surface area contributed by atoms with Crippen molar-refractivity contribution < 1.29 is 14.3 Å². The molecule has 5 aromatic rings. The number of nitrogens with zero attached hydrogens (tertiary/aromatic N) is 1. The van der Waals surface area contributed by atoms with Gasteiger partial charge >= 0.3 is 5.97 Å². The molecule has 0 amide bonds. The first-order chi connectivity index (χ1) is 18.8. The van der Waals surface area contributed by atoms with Gasteiger partial charge in [-0.1, -0.05) is 54.6 Å². The highest BCUT2D eigenvalue weighted by atomic mass is 16.4. The van der Waals surface area contributed by atoms with Crippen LogP contribution >= 0.6 is 0 Å². The predicted molar refractivity (Wildman–Crippen MR) is 153 cm³/mol. The van der Waals surface area contributed by atoms with Gasteiger partial charge in [0, 0.05) is 22.4 Å². The Bertz CT molecular complexity index is 1830. The van der Waals surface area contributed by atoms with E-state index in [4.69, 9.17) is 4.42 Å². The van der Waals surface area contributed by atoms with Gasteiger partial charge in [0.15, 0.2) is 5.43 Å². The molecule has 0 bridgehead atoms. The number of rotatable bonds is 6. The van der Waals surface area contributed by atoms with Gasteiger partial charge in [-0.3, -0.25) is 4.79 Å². The number of nitrogens with one attached hydrogen (secondary N) is 1. The molecule has 0 aliphatic rings. The number of carboxylic acids is 1. The molecule has 1 heterocycles. The second kappa shape index (κ2) is 10.3. The van der Waals surface area contributed by atoms with Crippen molar-refractivity contribution >= 4 is 22.6 Å². The second-order valence-electron chi connectivity index (χ2n) is 9.60. The Hall–Kier alpha value is -5.15. The Morgan fingerprint density at radius 3 is 2.36 bits per heavy atom. The number of benzene rings is 4. The van der Waals surface area contributed by atoms with Crippen molar-refractivity contribution in [3.05, 3.63) is 123 Å². The molecule has 0 saturated carbocycles. The third-order valence-electron chi connectivity index (χ3n) is 6.86. The molecule has 192 valence electrons. The molecule has 0 spiro atoms. The third kappa shape index (κ3) is 4.90. The third-order valence-corrected chi connectivity index (χ3v) is 6.86. The van der Waals surface area contributed by atoms with Gasteiger partial charge in [0.05, 0.1) is 28.6 Å². The average molecular weight is 515 g/mol. The Balaban J connectivity index is 1.59. The number of nitriles is 1. The molecular formula is C33H26N2O4. The van der Waals surface area contributed by atoms with Crippen LogP contribution in [0.2, 0.25) is 0 Å². The summed E-state index contributed by atoms with van der Waals surface area (Å²) >= 11 is 0. The number of carbonyl (C=O) groups is 1. The number of para-hydroxylation sites is 1. The minimum absolute atomic E-state index is 0.111. The van der Waals surface area contributed by atoms with Gasteiger partial charge in [0.25, 0.3) is 0 Å². The van der Waals surface area contributed by atoms with Crippen LogP contribution in [-0.2, 0) is 0 Å². The minimum Gasteiger partial charge on any atom is -0.478 e.